The van der Waals surface area contributed by atoms with Crippen molar-refractivity contribution in [1.29, 1.82) is 0 Å². The number of hydrogen-bond donors (Lipinski definition) is 0. The van der Waals surface area contributed by atoms with Gasteiger partial charge in [0.2, 0.25) is 5.78 Å². The summed E-state index contributed by atoms with van der Waals surface area (Å²) in [4.78, 5) is 16.2. The molecule has 94 valence electrons. The summed E-state index contributed by atoms with van der Waals surface area (Å²) >= 11 is 3.44. The molecule has 0 radical (unpaired) electrons. The number of carbonyl (C=O) groups excluding carboxylic acids is 1. The van der Waals surface area contributed by atoms with Crippen molar-refractivity contribution in [3.63, 3.8) is 0 Å². The summed E-state index contributed by atoms with van der Waals surface area (Å²) in [5, 5.41) is 0.921. The summed E-state index contributed by atoms with van der Waals surface area (Å²) in [6.45, 7) is 1.96. The summed E-state index contributed by atoms with van der Waals surface area (Å²) < 4.78 is 6.65. The van der Waals surface area contributed by atoms with E-state index in [9.17, 15) is 4.79 Å². The van der Waals surface area contributed by atoms with Gasteiger partial charge in [-0.25, -0.2) is 0 Å². The third kappa shape index (κ3) is 2.19. The number of rotatable bonds is 2. The molecular formula is C15H10BrNO2. The second kappa shape index (κ2) is 4.63. The highest BCUT2D eigenvalue weighted by atomic mass is 79.9. The average Bonchev–Trinajstić information content (AvgIpc) is 2.83. The number of hydrogen-bond acceptors (Lipinski definition) is 3. The quantitative estimate of drug-likeness (QED) is 0.668. The predicted molar refractivity (Wildman–Crippen MR) is 76.3 cm³/mol. The minimum atomic E-state index is -0.130. The largest absolute Gasteiger partial charge is 0.452 e. The Kier molecular flexibility index (Phi) is 2.95. The van der Waals surface area contributed by atoms with E-state index in [2.05, 4.69) is 20.9 Å². The lowest BCUT2D eigenvalue weighted by molar-refractivity contribution is 0.101. The molecule has 19 heavy (non-hydrogen) atoms. The van der Waals surface area contributed by atoms with E-state index >= 15 is 0 Å². The zero-order chi connectivity index (χ0) is 13.4. The molecule has 3 rings (SSSR count). The Bertz CT molecular complexity index is 762. The molecule has 0 spiro atoms. The molecule has 2 aromatic heterocycles. The molecule has 0 aliphatic carbocycles. The molecule has 1 aromatic carbocycles. The highest BCUT2D eigenvalue weighted by Gasteiger charge is 2.15. The third-order valence-corrected chi connectivity index (χ3v) is 3.39. The summed E-state index contributed by atoms with van der Waals surface area (Å²) in [5.74, 6) is 0.219. The average molecular weight is 316 g/mol. The van der Waals surface area contributed by atoms with Crippen molar-refractivity contribution >= 4 is 32.7 Å². The van der Waals surface area contributed by atoms with E-state index in [-0.39, 0.29) is 5.78 Å². The van der Waals surface area contributed by atoms with Crippen LogP contribution in [0.1, 0.15) is 21.7 Å². The zero-order valence-electron chi connectivity index (χ0n) is 10.2. The summed E-state index contributed by atoms with van der Waals surface area (Å²) in [7, 11) is 0. The molecule has 0 fully saturated rings. The van der Waals surface area contributed by atoms with Gasteiger partial charge in [0, 0.05) is 27.8 Å². The molecule has 0 N–H and O–H groups in total. The number of carbonyl (C=O) groups is 1. The molecule has 3 nitrogen and oxygen atoms in total. The Hall–Kier alpha value is -1.94. The fourth-order valence-corrected chi connectivity index (χ4v) is 2.63. The van der Waals surface area contributed by atoms with Crippen LogP contribution in [-0.4, -0.2) is 10.8 Å². The highest BCUT2D eigenvalue weighted by Crippen LogP contribution is 2.27. The molecule has 3 aromatic rings. The molecule has 0 amide bonds. The molecular weight excluding hydrogens is 306 g/mol. The first-order valence-corrected chi connectivity index (χ1v) is 6.59. The van der Waals surface area contributed by atoms with Gasteiger partial charge in [-0.3, -0.25) is 9.78 Å². The number of fused-ring (bicyclic) bond motifs is 1. The SMILES string of the molecule is Cc1cc(Br)cc2cc(C(=O)c3ccncc3)oc12. The van der Waals surface area contributed by atoms with Crippen molar-refractivity contribution in [3.8, 4) is 0 Å². The van der Waals surface area contributed by atoms with E-state index in [1.165, 1.54) is 0 Å². The summed E-state index contributed by atoms with van der Waals surface area (Å²) in [6, 6.07) is 9.04. The highest BCUT2D eigenvalue weighted by molar-refractivity contribution is 9.10. The third-order valence-electron chi connectivity index (χ3n) is 2.93. The van der Waals surface area contributed by atoms with Gasteiger partial charge >= 0.3 is 0 Å². The van der Waals surface area contributed by atoms with Crippen LogP contribution in [0.4, 0.5) is 0 Å². The van der Waals surface area contributed by atoms with Crippen molar-refractivity contribution in [2.24, 2.45) is 0 Å². The smallest absolute Gasteiger partial charge is 0.228 e. The van der Waals surface area contributed by atoms with Crippen LogP contribution in [0.3, 0.4) is 0 Å². The lowest BCUT2D eigenvalue weighted by Gasteiger charge is -1.96. The maximum atomic E-state index is 12.3. The van der Waals surface area contributed by atoms with E-state index in [1.54, 1.807) is 30.6 Å². The topological polar surface area (TPSA) is 43.1 Å². The summed E-state index contributed by atoms with van der Waals surface area (Å²) in [5.41, 5.74) is 2.32. The Labute approximate surface area is 118 Å². The standard InChI is InChI=1S/C15H10BrNO2/c1-9-6-12(16)7-11-8-13(19-15(9)11)14(18)10-2-4-17-5-3-10/h2-8H,1H3. The summed E-state index contributed by atoms with van der Waals surface area (Å²) in [6.07, 6.45) is 3.19. The number of furan rings is 1. The van der Waals surface area contributed by atoms with Gasteiger partial charge < -0.3 is 4.42 Å². The number of halogens is 1. The molecule has 0 saturated heterocycles. The van der Waals surface area contributed by atoms with Crippen LogP contribution in [-0.2, 0) is 0 Å². The maximum absolute atomic E-state index is 12.3. The first-order chi connectivity index (χ1) is 9.15. The predicted octanol–water partition coefficient (Wildman–Crippen LogP) is 4.13. The van der Waals surface area contributed by atoms with E-state index in [1.807, 2.05) is 19.1 Å². The monoisotopic (exact) mass is 315 g/mol. The number of ketones is 1. The number of aryl methyl sites for hydroxylation is 1. The van der Waals surface area contributed by atoms with Crippen LogP contribution >= 0.6 is 15.9 Å². The molecule has 2 heterocycles. The van der Waals surface area contributed by atoms with Crippen molar-refractivity contribution < 1.29 is 9.21 Å². The van der Waals surface area contributed by atoms with Gasteiger partial charge in [0.05, 0.1) is 0 Å². The van der Waals surface area contributed by atoms with Crippen molar-refractivity contribution in [2.45, 2.75) is 6.92 Å². The molecule has 4 heteroatoms. The Morgan fingerprint density at radius 3 is 2.68 bits per heavy atom. The minimum absolute atomic E-state index is 0.130. The molecule has 0 aliphatic rings. The Morgan fingerprint density at radius 2 is 1.95 bits per heavy atom. The van der Waals surface area contributed by atoms with Crippen LogP contribution in [0.5, 0.6) is 0 Å². The van der Waals surface area contributed by atoms with Crippen LogP contribution < -0.4 is 0 Å². The number of benzene rings is 1. The lowest BCUT2D eigenvalue weighted by atomic mass is 10.1. The van der Waals surface area contributed by atoms with Gasteiger partial charge in [0.1, 0.15) is 5.58 Å². The first-order valence-electron chi connectivity index (χ1n) is 5.79. The van der Waals surface area contributed by atoms with Crippen molar-refractivity contribution in [2.75, 3.05) is 0 Å². The molecule has 0 atom stereocenters. The van der Waals surface area contributed by atoms with E-state index in [0.717, 1.165) is 21.0 Å². The van der Waals surface area contributed by atoms with E-state index in [0.29, 0.717) is 11.3 Å². The molecule has 0 saturated carbocycles. The Morgan fingerprint density at radius 1 is 1.21 bits per heavy atom. The number of aromatic nitrogens is 1. The molecule has 0 aliphatic heterocycles. The van der Waals surface area contributed by atoms with Crippen LogP contribution in [0.25, 0.3) is 11.0 Å². The van der Waals surface area contributed by atoms with Crippen molar-refractivity contribution in [3.05, 3.63) is 64.1 Å². The minimum Gasteiger partial charge on any atom is -0.452 e. The zero-order valence-corrected chi connectivity index (χ0v) is 11.8. The van der Waals surface area contributed by atoms with Crippen LogP contribution in [0.2, 0.25) is 0 Å². The van der Waals surface area contributed by atoms with Gasteiger partial charge in [-0.15, -0.1) is 0 Å². The van der Waals surface area contributed by atoms with E-state index < -0.39 is 0 Å². The second-order valence-corrected chi connectivity index (χ2v) is 5.23. The molecule has 0 unspecified atom stereocenters. The van der Waals surface area contributed by atoms with Crippen molar-refractivity contribution in [1.82, 2.24) is 4.98 Å². The van der Waals surface area contributed by atoms with Gasteiger partial charge in [-0.2, -0.15) is 0 Å². The first kappa shape index (κ1) is 12.1. The normalized spacial score (nSPS) is 10.8. The van der Waals surface area contributed by atoms with Crippen LogP contribution in [0.15, 0.2) is 51.6 Å². The fourth-order valence-electron chi connectivity index (χ4n) is 2.04. The van der Waals surface area contributed by atoms with Crippen LogP contribution in [0, 0.1) is 6.92 Å². The van der Waals surface area contributed by atoms with E-state index in [4.69, 9.17) is 4.42 Å². The Balaban J connectivity index is 2.12. The lowest BCUT2D eigenvalue weighted by Crippen LogP contribution is -1.98. The van der Waals surface area contributed by atoms with Gasteiger partial charge in [0.15, 0.2) is 5.76 Å². The van der Waals surface area contributed by atoms with Gasteiger partial charge in [-0.05, 0) is 42.8 Å². The maximum Gasteiger partial charge on any atom is 0.228 e. The fraction of sp³-hybridized carbons (Fsp3) is 0.0667. The second-order valence-electron chi connectivity index (χ2n) is 4.32. The number of nitrogens with zero attached hydrogens (tertiary/aromatic N) is 1. The van der Waals surface area contributed by atoms with Gasteiger partial charge in [0.25, 0.3) is 0 Å². The van der Waals surface area contributed by atoms with Gasteiger partial charge in [-0.1, -0.05) is 15.9 Å². The number of pyridine rings is 1. The molecule has 0 bridgehead atoms.